The monoisotopic (exact) mass is 473 g/mol. The quantitative estimate of drug-likeness (QED) is 0.101. The van der Waals surface area contributed by atoms with E-state index in [-0.39, 0.29) is 0 Å². The topological polar surface area (TPSA) is 20.3 Å². The molecule has 1 fully saturated rings. The fraction of sp³-hybridized carbons (Fsp3) is 0.844. The van der Waals surface area contributed by atoms with Crippen LogP contribution in [0, 0.1) is 0 Å². The second-order valence-corrected chi connectivity index (χ2v) is 10.6. The molecule has 0 aliphatic carbocycles. The fourth-order valence-corrected chi connectivity index (χ4v) is 4.96. The highest BCUT2D eigenvalue weighted by atomic mass is 16.2. The molecule has 0 aromatic heterocycles. The molecular weight excluding hydrogens is 414 g/mol. The van der Waals surface area contributed by atoms with Crippen molar-refractivity contribution >= 4 is 5.91 Å². The van der Waals surface area contributed by atoms with E-state index in [1.807, 2.05) is 0 Å². The predicted molar refractivity (Wildman–Crippen MR) is 151 cm³/mol. The van der Waals surface area contributed by atoms with Crippen LogP contribution in [0.5, 0.6) is 0 Å². The molecule has 2 heteroatoms. The smallest absolute Gasteiger partial charge is 0.222 e. The summed E-state index contributed by atoms with van der Waals surface area (Å²) in [6, 6.07) is 0. The zero-order valence-electron chi connectivity index (χ0n) is 23.0. The summed E-state index contributed by atoms with van der Waals surface area (Å²) in [5.41, 5.74) is 0. The van der Waals surface area contributed by atoms with E-state index in [9.17, 15) is 4.79 Å². The third-order valence-electron chi connectivity index (χ3n) is 7.28. The van der Waals surface area contributed by atoms with E-state index in [1.54, 1.807) is 0 Å². The summed E-state index contributed by atoms with van der Waals surface area (Å²) in [5.74, 6) is 0.403. The van der Waals surface area contributed by atoms with Gasteiger partial charge in [0.25, 0.3) is 0 Å². The Hall–Kier alpha value is -1.05. The van der Waals surface area contributed by atoms with Crippen molar-refractivity contribution in [1.82, 2.24) is 4.90 Å². The molecule has 0 aromatic carbocycles. The van der Waals surface area contributed by atoms with E-state index >= 15 is 0 Å². The lowest BCUT2D eigenvalue weighted by Crippen LogP contribution is -2.27. The van der Waals surface area contributed by atoms with Crippen LogP contribution >= 0.6 is 0 Å². The number of hydrogen-bond donors (Lipinski definition) is 0. The summed E-state index contributed by atoms with van der Waals surface area (Å²) in [7, 11) is 0. The van der Waals surface area contributed by atoms with Crippen LogP contribution in [-0.4, -0.2) is 23.9 Å². The fourth-order valence-electron chi connectivity index (χ4n) is 4.96. The molecule has 0 unspecified atom stereocenters. The van der Waals surface area contributed by atoms with Gasteiger partial charge < -0.3 is 4.90 Å². The lowest BCUT2D eigenvalue weighted by atomic mass is 10.0. The number of amides is 1. The molecule has 2 nitrogen and oxygen atoms in total. The first-order chi connectivity index (χ1) is 16.8. The van der Waals surface area contributed by atoms with Gasteiger partial charge in [-0.3, -0.25) is 4.79 Å². The van der Waals surface area contributed by atoms with Crippen molar-refractivity contribution < 1.29 is 4.79 Å². The van der Waals surface area contributed by atoms with Gasteiger partial charge >= 0.3 is 0 Å². The number of hydrogen-bond acceptors (Lipinski definition) is 1. The van der Waals surface area contributed by atoms with Crippen LogP contribution in [0.25, 0.3) is 0 Å². The van der Waals surface area contributed by atoms with Gasteiger partial charge in [-0.05, 0) is 57.8 Å². The number of nitrogens with zero attached hydrogens (tertiary/aromatic N) is 1. The Morgan fingerprint density at radius 3 is 1.38 bits per heavy atom. The first-order valence-electron chi connectivity index (χ1n) is 15.4. The molecule has 0 atom stereocenters. The van der Waals surface area contributed by atoms with E-state index < -0.39 is 0 Å². The summed E-state index contributed by atoms with van der Waals surface area (Å²) in [5, 5.41) is 0. The molecule has 0 saturated carbocycles. The summed E-state index contributed by atoms with van der Waals surface area (Å²) in [6.45, 7) is 4.29. The summed E-state index contributed by atoms with van der Waals surface area (Å²) < 4.78 is 0. The molecule has 198 valence electrons. The zero-order valence-corrected chi connectivity index (χ0v) is 23.0. The number of carbonyl (C=O) groups is 1. The Bertz CT molecular complexity index is 489. The minimum atomic E-state index is 0.403. The normalized spacial score (nSPS) is 14.2. The van der Waals surface area contributed by atoms with Gasteiger partial charge in [0.2, 0.25) is 5.91 Å². The lowest BCUT2D eigenvalue weighted by molar-refractivity contribution is -0.130. The van der Waals surface area contributed by atoms with Crippen molar-refractivity contribution in [2.24, 2.45) is 0 Å². The third kappa shape index (κ3) is 20.3. The maximum atomic E-state index is 12.0. The molecule has 0 spiro atoms. The standard InChI is InChI=1S/C32H59NO/c1-2-3-4-5-6-7-8-9-10-11-12-13-14-15-16-17-18-19-20-21-22-23-24-25-26-29-32(34)33-30-27-28-31-33/h7-8,11-12H,2-6,9-10,13-31H2,1H3/b8-7-,12-11-. The zero-order chi connectivity index (χ0) is 24.4. The van der Waals surface area contributed by atoms with Crippen molar-refractivity contribution in [3.05, 3.63) is 24.3 Å². The minimum absolute atomic E-state index is 0.403. The largest absolute Gasteiger partial charge is 0.343 e. The van der Waals surface area contributed by atoms with Crippen LogP contribution < -0.4 is 0 Å². The van der Waals surface area contributed by atoms with Crippen LogP contribution in [0.15, 0.2) is 24.3 Å². The Kier molecular flexibility index (Phi) is 22.8. The summed E-state index contributed by atoms with van der Waals surface area (Å²) in [6.07, 6.45) is 40.9. The van der Waals surface area contributed by atoms with E-state index in [0.717, 1.165) is 25.9 Å². The van der Waals surface area contributed by atoms with Gasteiger partial charge in [0, 0.05) is 19.5 Å². The van der Waals surface area contributed by atoms with Crippen molar-refractivity contribution in [2.75, 3.05) is 13.1 Å². The summed E-state index contributed by atoms with van der Waals surface area (Å²) >= 11 is 0. The van der Waals surface area contributed by atoms with Gasteiger partial charge in [-0.15, -0.1) is 0 Å². The van der Waals surface area contributed by atoms with Gasteiger partial charge in [-0.25, -0.2) is 0 Å². The van der Waals surface area contributed by atoms with Crippen molar-refractivity contribution in [3.8, 4) is 0 Å². The molecule has 1 saturated heterocycles. The maximum absolute atomic E-state index is 12.0. The highest BCUT2D eigenvalue weighted by Gasteiger charge is 2.16. The third-order valence-corrected chi connectivity index (χ3v) is 7.28. The number of likely N-dealkylation sites (tertiary alicyclic amines) is 1. The van der Waals surface area contributed by atoms with Crippen LogP contribution in [0.2, 0.25) is 0 Å². The number of allylic oxidation sites excluding steroid dienone is 4. The summed E-state index contributed by atoms with van der Waals surface area (Å²) in [4.78, 5) is 14.1. The highest BCUT2D eigenvalue weighted by Crippen LogP contribution is 2.15. The Morgan fingerprint density at radius 2 is 0.912 bits per heavy atom. The van der Waals surface area contributed by atoms with E-state index in [0.29, 0.717) is 5.91 Å². The molecule has 0 radical (unpaired) electrons. The van der Waals surface area contributed by atoms with Gasteiger partial charge in [-0.2, -0.15) is 0 Å². The van der Waals surface area contributed by atoms with E-state index in [1.165, 1.54) is 141 Å². The first-order valence-corrected chi connectivity index (χ1v) is 15.4. The van der Waals surface area contributed by atoms with E-state index in [2.05, 4.69) is 36.1 Å². The minimum Gasteiger partial charge on any atom is -0.343 e. The maximum Gasteiger partial charge on any atom is 0.222 e. The van der Waals surface area contributed by atoms with Crippen LogP contribution in [0.3, 0.4) is 0 Å². The average molecular weight is 474 g/mol. The number of carbonyl (C=O) groups excluding carboxylic acids is 1. The molecular formula is C32H59NO. The van der Waals surface area contributed by atoms with Crippen molar-refractivity contribution in [1.29, 1.82) is 0 Å². The van der Waals surface area contributed by atoms with Gasteiger partial charge in [0.15, 0.2) is 0 Å². The SMILES string of the molecule is CCCCCC/C=C\CC/C=C\CCCCCCCCCCCCCCCC(=O)N1CCCC1. The van der Waals surface area contributed by atoms with Gasteiger partial charge in [0.05, 0.1) is 0 Å². The highest BCUT2D eigenvalue weighted by molar-refractivity contribution is 5.76. The van der Waals surface area contributed by atoms with Gasteiger partial charge in [0.1, 0.15) is 0 Å². The van der Waals surface area contributed by atoms with Crippen molar-refractivity contribution in [3.63, 3.8) is 0 Å². The molecule has 1 heterocycles. The lowest BCUT2D eigenvalue weighted by Gasteiger charge is -2.14. The molecule has 0 aromatic rings. The number of unbranched alkanes of at least 4 members (excludes halogenated alkanes) is 18. The number of rotatable bonds is 24. The van der Waals surface area contributed by atoms with E-state index in [4.69, 9.17) is 0 Å². The second-order valence-electron chi connectivity index (χ2n) is 10.6. The predicted octanol–water partition coefficient (Wildman–Crippen LogP) is 10.3. The Morgan fingerprint density at radius 1 is 0.529 bits per heavy atom. The molecule has 1 aliphatic heterocycles. The Labute approximate surface area is 214 Å². The second kappa shape index (κ2) is 25.1. The van der Waals surface area contributed by atoms with Crippen LogP contribution in [0.1, 0.15) is 161 Å². The average Bonchev–Trinajstić information content (AvgIpc) is 3.39. The molecule has 0 N–H and O–H groups in total. The molecule has 1 aliphatic rings. The molecule has 0 bridgehead atoms. The Balaban J connectivity index is 1.70. The van der Waals surface area contributed by atoms with Crippen LogP contribution in [-0.2, 0) is 4.79 Å². The van der Waals surface area contributed by atoms with Crippen molar-refractivity contribution in [2.45, 2.75) is 161 Å². The molecule has 1 rings (SSSR count). The molecule has 1 amide bonds. The first kappa shape index (κ1) is 31.0. The van der Waals surface area contributed by atoms with Gasteiger partial charge in [-0.1, -0.05) is 121 Å². The van der Waals surface area contributed by atoms with Crippen LogP contribution in [0.4, 0.5) is 0 Å². The molecule has 34 heavy (non-hydrogen) atoms.